The van der Waals surface area contributed by atoms with E-state index in [1.54, 1.807) is 4.90 Å². The SMILES string of the molecule is C=C(C)CN(CC)C(=O)C(C)Nc1cccc(CO)c1. The Kier molecular flexibility index (Phi) is 6.25. The van der Waals surface area contributed by atoms with Crippen LogP contribution < -0.4 is 5.32 Å². The van der Waals surface area contributed by atoms with E-state index in [-0.39, 0.29) is 18.6 Å². The molecule has 0 saturated heterocycles. The summed E-state index contributed by atoms with van der Waals surface area (Å²) in [6.45, 7) is 10.8. The largest absolute Gasteiger partial charge is 0.392 e. The minimum absolute atomic E-state index is 0.00537. The summed E-state index contributed by atoms with van der Waals surface area (Å²) in [5.74, 6) is 0.0462. The highest BCUT2D eigenvalue weighted by molar-refractivity contribution is 5.84. The van der Waals surface area contributed by atoms with Crippen LogP contribution in [0.4, 0.5) is 5.69 Å². The van der Waals surface area contributed by atoms with Gasteiger partial charge in [-0.3, -0.25) is 4.79 Å². The number of benzene rings is 1. The quantitative estimate of drug-likeness (QED) is 0.752. The van der Waals surface area contributed by atoms with Crippen LogP contribution in [0.15, 0.2) is 36.4 Å². The van der Waals surface area contributed by atoms with E-state index in [1.807, 2.05) is 45.0 Å². The van der Waals surface area contributed by atoms with E-state index in [1.165, 1.54) is 0 Å². The van der Waals surface area contributed by atoms with Crippen molar-refractivity contribution in [2.24, 2.45) is 0 Å². The molecule has 4 nitrogen and oxygen atoms in total. The van der Waals surface area contributed by atoms with Crippen molar-refractivity contribution in [1.82, 2.24) is 4.90 Å². The van der Waals surface area contributed by atoms with Crippen molar-refractivity contribution >= 4 is 11.6 Å². The van der Waals surface area contributed by atoms with E-state index in [4.69, 9.17) is 5.11 Å². The van der Waals surface area contributed by atoms with E-state index >= 15 is 0 Å². The maximum Gasteiger partial charge on any atom is 0.245 e. The molecule has 110 valence electrons. The van der Waals surface area contributed by atoms with Crippen molar-refractivity contribution in [3.63, 3.8) is 0 Å². The van der Waals surface area contributed by atoms with Crippen LogP contribution in [0.2, 0.25) is 0 Å². The van der Waals surface area contributed by atoms with Gasteiger partial charge in [-0.1, -0.05) is 24.3 Å². The predicted molar refractivity (Wildman–Crippen MR) is 82.5 cm³/mol. The first-order valence-corrected chi connectivity index (χ1v) is 6.87. The van der Waals surface area contributed by atoms with Crippen LogP contribution in [0.3, 0.4) is 0 Å². The Hall–Kier alpha value is -1.81. The molecule has 4 heteroatoms. The summed E-state index contributed by atoms with van der Waals surface area (Å²) in [6.07, 6.45) is 0. The summed E-state index contributed by atoms with van der Waals surface area (Å²) in [7, 11) is 0. The van der Waals surface area contributed by atoms with E-state index < -0.39 is 0 Å². The number of amides is 1. The molecule has 0 spiro atoms. The number of anilines is 1. The van der Waals surface area contributed by atoms with Crippen molar-refractivity contribution in [3.8, 4) is 0 Å². The van der Waals surface area contributed by atoms with Gasteiger partial charge in [0.05, 0.1) is 6.61 Å². The van der Waals surface area contributed by atoms with Gasteiger partial charge in [-0.2, -0.15) is 0 Å². The molecular weight excluding hydrogens is 252 g/mol. The molecule has 1 rings (SSSR count). The fourth-order valence-electron chi connectivity index (χ4n) is 2.02. The average Bonchev–Trinajstić information content (AvgIpc) is 2.43. The van der Waals surface area contributed by atoms with E-state index in [0.29, 0.717) is 13.1 Å². The van der Waals surface area contributed by atoms with Gasteiger partial charge in [0.15, 0.2) is 0 Å². The lowest BCUT2D eigenvalue weighted by molar-refractivity contribution is -0.131. The monoisotopic (exact) mass is 276 g/mol. The third-order valence-corrected chi connectivity index (χ3v) is 3.02. The number of nitrogens with zero attached hydrogens (tertiary/aromatic N) is 1. The molecular formula is C16H24N2O2. The van der Waals surface area contributed by atoms with Crippen molar-refractivity contribution in [2.75, 3.05) is 18.4 Å². The maximum absolute atomic E-state index is 12.3. The van der Waals surface area contributed by atoms with Crippen LogP contribution in [-0.4, -0.2) is 35.0 Å². The summed E-state index contributed by atoms with van der Waals surface area (Å²) in [5.41, 5.74) is 2.63. The zero-order chi connectivity index (χ0) is 15.1. The van der Waals surface area contributed by atoms with Gasteiger partial charge in [0.2, 0.25) is 5.91 Å². The summed E-state index contributed by atoms with van der Waals surface area (Å²) >= 11 is 0. The molecule has 1 amide bonds. The van der Waals surface area contributed by atoms with Crippen molar-refractivity contribution in [1.29, 1.82) is 0 Å². The van der Waals surface area contributed by atoms with Gasteiger partial charge in [0.25, 0.3) is 0 Å². The Morgan fingerprint density at radius 2 is 2.20 bits per heavy atom. The number of aliphatic hydroxyl groups excluding tert-OH is 1. The zero-order valence-electron chi connectivity index (χ0n) is 12.5. The molecule has 1 aromatic rings. The molecule has 0 saturated carbocycles. The van der Waals surface area contributed by atoms with E-state index in [9.17, 15) is 4.79 Å². The lowest BCUT2D eigenvalue weighted by Gasteiger charge is -2.25. The summed E-state index contributed by atoms with van der Waals surface area (Å²) < 4.78 is 0. The van der Waals surface area contributed by atoms with E-state index in [2.05, 4.69) is 11.9 Å². The third-order valence-electron chi connectivity index (χ3n) is 3.02. The highest BCUT2D eigenvalue weighted by atomic mass is 16.3. The highest BCUT2D eigenvalue weighted by Gasteiger charge is 2.19. The second-order valence-corrected chi connectivity index (χ2v) is 5.03. The molecule has 0 heterocycles. The summed E-state index contributed by atoms with van der Waals surface area (Å²) in [4.78, 5) is 14.1. The minimum Gasteiger partial charge on any atom is -0.392 e. The second kappa shape index (κ2) is 7.70. The van der Waals surface area contributed by atoms with Gasteiger partial charge >= 0.3 is 0 Å². The fraction of sp³-hybridized carbons (Fsp3) is 0.438. The van der Waals surface area contributed by atoms with Crippen molar-refractivity contribution < 1.29 is 9.90 Å². The fourth-order valence-corrected chi connectivity index (χ4v) is 2.02. The lowest BCUT2D eigenvalue weighted by Crippen LogP contribution is -2.42. The normalized spacial score (nSPS) is 11.8. The van der Waals surface area contributed by atoms with Crippen LogP contribution in [0.25, 0.3) is 0 Å². The van der Waals surface area contributed by atoms with Gasteiger partial charge < -0.3 is 15.3 Å². The molecule has 0 bridgehead atoms. The first-order chi connectivity index (χ1) is 9.47. The Morgan fingerprint density at radius 1 is 1.50 bits per heavy atom. The minimum atomic E-state index is -0.316. The number of aliphatic hydroxyl groups is 1. The third kappa shape index (κ3) is 4.70. The molecule has 1 unspecified atom stereocenters. The summed E-state index contributed by atoms with van der Waals surface area (Å²) in [5, 5.41) is 12.3. The standard InChI is InChI=1S/C16H24N2O2/c1-5-18(10-12(2)3)16(20)13(4)17-15-8-6-7-14(9-15)11-19/h6-9,13,17,19H,2,5,10-11H2,1,3-4H3. The van der Waals surface area contributed by atoms with Crippen LogP contribution in [-0.2, 0) is 11.4 Å². The second-order valence-electron chi connectivity index (χ2n) is 5.03. The van der Waals surface area contributed by atoms with Gasteiger partial charge in [-0.25, -0.2) is 0 Å². The molecule has 0 aliphatic heterocycles. The van der Waals surface area contributed by atoms with Gasteiger partial charge in [-0.05, 0) is 38.5 Å². The molecule has 0 aliphatic carbocycles. The predicted octanol–water partition coefficient (Wildman–Crippen LogP) is 2.40. The molecule has 1 aromatic carbocycles. The first kappa shape index (κ1) is 16.2. The highest BCUT2D eigenvalue weighted by Crippen LogP contribution is 2.13. The summed E-state index contributed by atoms with van der Waals surface area (Å²) in [6, 6.07) is 7.12. The zero-order valence-corrected chi connectivity index (χ0v) is 12.5. The Balaban J connectivity index is 2.70. The van der Waals surface area contributed by atoms with Crippen molar-refractivity contribution in [3.05, 3.63) is 42.0 Å². The maximum atomic E-state index is 12.3. The Labute approximate surface area is 121 Å². The lowest BCUT2D eigenvalue weighted by atomic mass is 10.2. The molecule has 0 fully saturated rings. The topological polar surface area (TPSA) is 52.6 Å². The molecule has 20 heavy (non-hydrogen) atoms. The van der Waals surface area contributed by atoms with Gasteiger partial charge in [-0.15, -0.1) is 0 Å². The van der Waals surface area contributed by atoms with Crippen LogP contribution in [0, 0.1) is 0 Å². The van der Waals surface area contributed by atoms with Gasteiger partial charge in [0.1, 0.15) is 6.04 Å². The number of hydrogen-bond donors (Lipinski definition) is 2. The average molecular weight is 276 g/mol. The van der Waals surface area contributed by atoms with Crippen LogP contribution in [0.1, 0.15) is 26.3 Å². The number of hydrogen-bond acceptors (Lipinski definition) is 3. The smallest absolute Gasteiger partial charge is 0.245 e. The number of rotatable bonds is 7. The number of nitrogens with one attached hydrogen (secondary N) is 1. The Bertz CT molecular complexity index is 471. The molecule has 0 radical (unpaired) electrons. The van der Waals surface area contributed by atoms with E-state index in [0.717, 1.165) is 16.8 Å². The first-order valence-electron chi connectivity index (χ1n) is 6.87. The molecule has 2 N–H and O–H groups in total. The van der Waals surface area contributed by atoms with Crippen LogP contribution >= 0.6 is 0 Å². The Morgan fingerprint density at radius 3 is 2.75 bits per heavy atom. The molecule has 0 aliphatic rings. The molecule has 0 aromatic heterocycles. The van der Waals surface area contributed by atoms with Crippen LogP contribution in [0.5, 0.6) is 0 Å². The molecule has 1 atom stereocenters. The number of carbonyl (C=O) groups excluding carboxylic acids is 1. The number of likely N-dealkylation sites (N-methyl/N-ethyl adjacent to an activating group) is 1. The number of carbonyl (C=O) groups is 1. The van der Waals surface area contributed by atoms with Gasteiger partial charge in [0, 0.05) is 18.8 Å². The van der Waals surface area contributed by atoms with Crippen molar-refractivity contribution in [2.45, 2.75) is 33.4 Å².